The first-order valence-electron chi connectivity index (χ1n) is 8.34. The number of carbonyl (C=O) groups excluding carboxylic acids is 2. The van der Waals surface area contributed by atoms with Crippen LogP contribution in [0.5, 0.6) is 5.75 Å². The summed E-state index contributed by atoms with van der Waals surface area (Å²) in [6.07, 6.45) is 0. The quantitative estimate of drug-likeness (QED) is 0.620. The lowest BCUT2D eigenvalue weighted by atomic mass is 10.2. The van der Waals surface area contributed by atoms with Gasteiger partial charge in [-0.05, 0) is 29.8 Å². The van der Waals surface area contributed by atoms with E-state index >= 15 is 0 Å². The van der Waals surface area contributed by atoms with Crippen LogP contribution in [-0.2, 0) is 16.1 Å². The predicted octanol–water partition coefficient (Wildman–Crippen LogP) is 1.77. The van der Waals surface area contributed by atoms with Crippen molar-refractivity contribution >= 4 is 40.7 Å². The summed E-state index contributed by atoms with van der Waals surface area (Å²) in [5.74, 6) is 0.344. The van der Waals surface area contributed by atoms with E-state index in [2.05, 4.69) is 10.6 Å². The molecule has 2 amide bonds. The van der Waals surface area contributed by atoms with Gasteiger partial charge in [0.25, 0.3) is 11.8 Å². The Morgan fingerprint density at radius 1 is 1.00 bits per heavy atom. The van der Waals surface area contributed by atoms with Crippen molar-refractivity contribution in [2.75, 3.05) is 32.6 Å². The van der Waals surface area contributed by atoms with E-state index in [1.807, 2.05) is 24.3 Å². The number of anilines is 1. The Morgan fingerprint density at radius 2 is 1.59 bits per heavy atom. The van der Waals surface area contributed by atoms with Crippen LogP contribution >= 0.6 is 23.2 Å². The van der Waals surface area contributed by atoms with Crippen molar-refractivity contribution in [1.29, 1.82) is 0 Å². The minimum Gasteiger partial charge on any atom is -0.497 e. The molecule has 2 aromatic carbocycles. The van der Waals surface area contributed by atoms with Crippen LogP contribution in [0.15, 0.2) is 42.5 Å². The summed E-state index contributed by atoms with van der Waals surface area (Å²) >= 11 is 12.1. The number of hydrogen-bond acceptors (Lipinski definition) is 3. The fraction of sp³-hybridized carbons (Fsp3) is 0.263. The molecule has 1 atom stereocenters. The standard InChI is InChI=1S/C19H21Cl2N3O3/c1-24(12-18(26)23-19-15(20)4-3-5-16(19)21)11-17(25)22-10-13-6-8-14(27-2)9-7-13/h3-9H,10-12H2,1-2H3,(H,22,25)(H,23,26)/p+1. The molecule has 0 aliphatic heterocycles. The Labute approximate surface area is 168 Å². The van der Waals surface area contributed by atoms with E-state index in [1.54, 1.807) is 32.4 Å². The van der Waals surface area contributed by atoms with Gasteiger partial charge in [0.05, 0.1) is 29.9 Å². The van der Waals surface area contributed by atoms with Gasteiger partial charge in [0.2, 0.25) is 0 Å². The van der Waals surface area contributed by atoms with E-state index < -0.39 is 0 Å². The van der Waals surface area contributed by atoms with Crippen molar-refractivity contribution in [3.8, 4) is 5.75 Å². The van der Waals surface area contributed by atoms with Crippen LogP contribution in [0.4, 0.5) is 5.69 Å². The van der Waals surface area contributed by atoms with E-state index in [0.29, 0.717) is 22.3 Å². The number of quaternary nitrogens is 1. The number of halogens is 2. The van der Waals surface area contributed by atoms with Crippen LogP contribution in [0.3, 0.4) is 0 Å². The zero-order chi connectivity index (χ0) is 19.8. The number of likely N-dealkylation sites (N-methyl/N-ethyl adjacent to an activating group) is 1. The molecule has 0 aliphatic carbocycles. The number of nitrogens with one attached hydrogen (secondary N) is 3. The molecule has 0 radical (unpaired) electrons. The van der Waals surface area contributed by atoms with Gasteiger partial charge in [-0.1, -0.05) is 41.4 Å². The molecule has 0 aliphatic rings. The van der Waals surface area contributed by atoms with Gasteiger partial charge >= 0.3 is 0 Å². The fourth-order valence-corrected chi connectivity index (χ4v) is 2.91. The second-order valence-electron chi connectivity index (χ2n) is 6.08. The van der Waals surface area contributed by atoms with Crippen molar-refractivity contribution in [2.24, 2.45) is 0 Å². The van der Waals surface area contributed by atoms with Crippen LogP contribution in [-0.4, -0.2) is 39.1 Å². The fourth-order valence-electron chi connectivity index (χ4n) is 2.42. The monoisotopic (exact) mass is 410 g/mol. The first kappa shape index (κ1) is 21.0. The van der Waals surface area contributed by atoms with Crippen molar-refractivity contribution in [3.05, 3.63) is 58.1 Å². The van der Waals surface area contributed by atoms with Gasteiger partial charge < -0.3 is 20.3 Å². The smallest absolute Gasteiger partial charge is 0.279 e. The van der Waals surface area contributed by atoms with Gasteiger partial charge in [0.15, 0.2) is 13.1 Å². The molecule has 27 heavy (non-hydrogen) atoms. The molecule has 0 aromatic heterocycles. The summed E-state index contributed by atoms with van der Waals surface area (Å²) < 4.78 is 5.10. The summed E-state index contributed by atoms with van der Waals surface area (Å²) in [6, 6.07) is 12.4. The highest BCUT2D eigenvalue weighted by Gasteiger charge is 2.16. The lowest BCUT2D eigenvalue weighted by Gasteiger charge is -2.15. The molecule has 0 saturated carbocycles. The number of rotatable bonds is 8. The summed E-state index contributed by atoms with van der Waals surface area (Å²) in [5.41, 5.74) is 1.34. The molecule has 0 heterocycles. The van der Waals surface area contributed by atoms with Gasteiger partial charge in [0, 0.05) is 6.54 Å². The number of benzene rings is 2. The van der Waals surface area contributed by atoms with Gasteiger partial charge in [-0.2, -0.15) is 0 Å². The first-order valence-corrected chi connectivity index (χ1v) is 9.09. The Hall–Kier alpha value is -2.28. The van der Waals surface area contributed by atoms with Crippen LogP contribution in [0.25, 0.3) is 0 Å². The minimum atomic E-state index is -0.273. The molecule has 144 valence electrons. The molecule has 1 unspecified atom stereocenters. The maximum atomic E-state index is 12.2. The topological polar surface area (TPSA) is 71.9 Å². The van der Waals surface area contributed by atoms with Crippen molar-refractivity contribution in [2.45, 2.75) is 6.54 Å². The third kappa shape index (κ3) is 6.75. The second-order valence-corrected chi connectivity index (χ2v) is 6.89. The number of amides is 2. The van der Waals surface area contributed by atoms with Crippen LogP contribution < -0.4 is 20.3 Å². The second kappa shape index (κ2) is 10.2. The molecule has 0 fully saturated rings. The van der Waals surface area contributed by atoms with Crippen molar-refractivity contribution < 1.29 is 19.2 Å². The van der Waals surface area contributed by atoms with E-state index in [0.717, 1.165) is 16.2 Å². The molecule has 6 nitrogen and oxygen atoms in total. The highest BCUT2D eigenvalue weighted by atomic mass is 35.5. The predicted molar refractivity (Wildman–Crippen MR) is 107 cm³/mol. The number of carbonyl (C=O) groups is 2. The first-order chi connectivity index (χ1) is 12.9. The maximum absolute atomic E-state index is 12.2. The van der Waals surface area contributed by atoms with Gasteiger partial charge in [0.1, 0.15) is 5.75 Å². The lowest BCUT2D eigenvalue weighted by molar-refractivity contribution is -0.862. The summed E-state index contributed by atoms with van der Waals surface area (Å²) in [6.45, 7) is 0.689. The molecule has 0 saturated heterocycles. The third-order valence-corrected chi connectivity index (χ3v) is 4.43. The Balaban J connectivity index is 1.77. The summed E-state index contributed by atoms with van der Waals surface area (Å²) in [7, 11) is 3.37. The normalized spacial score (nSPS) is 11.6. The van der Waals surface area contributed by atoms with Crippen molar-refractivity contribution in [3.63, 3.8) is 0 Å². The van der Waals surface area contributed by atoms with E-state index in [1.165, 1.54) is 0 Å². The average molecular weight is 411 g/mol. The molecular formula is C19H22Cl2N3O3+. The summed E-state index contributed by atoms with van der Waals surface area (Å²) in [5, 5.41) is 6.25. The average Bonchev–Trinajstić information content (AvgIpc) is 2.63. The zero-order valence-electron chi connectivity index (χ0n) is 15.1. The number of ether oxygens (including phenoxy) is 1. The highest BCUT2D eigenvalue weighted by molar-refractivity contribution is 6.39. The van der Waals surface area contributed by atoms with Gasteiger partial charge in [-0.15, -0.1) is 0 Å². The van der Waals surface area contributed by atoms with Crippen LogP contribution in [0.2, 0.25) is 10.0 Å². The summed E-state index contributed by atoms with van der Waals surface area (Å²) in [4.78, 5) is 25.0. The van der Waals surface area contributed by atoms with E-state index in [9.17, 15) is 9.59 Å². The Kier molecular flexibility index (Phi) is 7.91. The molecule has 0 spiro atoms. The Morgan fingerprint density at radius 3 is 2.19 bits per heavy atom. The lowest BCUT2D eigenvalue weighted by Crippen LogP contribution is -3.11. The molecule has 3 N–H and O–H groups in total. The number of hydrogen-bond donors (Lipinski definition) is 3. The third-order valence-electron chi connectivity index (χ3n) is 3.80. The zero-order valence-corrected chi connectivity index (χ0v) is 16.7. The molecule has 2 rings (SSSR count). The van der Waals surface area contributed by atoms with E-state index in [4.69, 9.17) is 27.9 Å². The molecule has 8 heteroatoms. The largest absolute Gasteiger partial charge is 0.497 e. The van der Waals surface area contributed by atoms with Crippen LogP contribution in [0.1, 0.15) is 5.56 Å². The highest BCUT2D eigenvalue weighted by Crippen LogP contribution is 2.29. The molecule has 2 aromatic rings. The van der Waals surface area contributed by atoms with Crippen LogP contribution in [0, 0.1) is 0 Å². The van der Waals surface area contributed by atoms with Crippen molar-refractivity contribution in [1.82, 2.24) is 5.32 Å². The SMILES string of the molecule is COc1ccc(CNC(=O)C[NH+](C)CC(=O)Nc2c(Cl)cccc2Cl)cc1. The minimum absolute atomic E-state index is 0.109. The maximum Gasteiger partial charge on any atom is 0.279 e. The van der Waals surface area contributed by atoms with E-state index in [-0.39, 0.29) is 24.9 Å². The number of para-hydroxylation sites is 1. The molecular weight excluding hydrogens is 389 g/mol. The number of methoxy groups -OCH3 is 1. The van der Waals surface area contributed by atoms with Gasteiger partial charge in [-0.25, -0.2) is 0 Å². The Bertz CT molecular complexity index is 777. The molecule has 0 bridgehead atoms. The van der Waals surface area contributed by atoms with Gasteiger partial charge in [-0.3, -0.25) is 9.59 Å².